The van der Waals surface area contributed by atoms with Gasteiger partial charge in [-0.1, -0.05) is 6.07 Å². The molecule has 0 unspecified atom stereocenters. The summed E-state index contributed by atoms with van der Waals surface area (Å²) in [6, 6.07) is 4.79. The van der Waals surface area contributed by atoms with Crippen molar-refractivity contribution in [2.45, 2.75) is 6.04 Å². The number of aromatic nitrogens is 2. The van der Waals surface area contributed by atoms with E-state index in [0.29, 0.717) is 37.7 Å². The van der Waals surface area contributed by atoms with E-state index in [4.69, 9.17) is 4.74 Å². The average molecular weight is 346 g/mol. The van der Waals surface area contributed by atoms with Crippen molar-refractivity contribution in [3.8, 4) is 5.75 Å². The van der Waals surface area contributed by atoms with Crippen LogP contribution in [0.4, 0.5) is 10.3 Å². The molecule has 0 saturated carbocycles. The standard InChI is InChI=1S/C17H19FN4O3/c1-25-14-11-12(18)3-4-13(14)15(16(23)24)21-7-9-22(10-8-21)17-19-5-2-6-20-17/h2-6,11,15H,7-10H2,1H3,(H,23,24)/t15-/m0/s1. The molecule has 1 atom stereocenters. The highest BCUT2D eigenvalue weighted by Crippen LogP contribution is 2.31. The molecule has 0 spiro atoms. The summed E-state index contributed by atoms with van der Waals surface area (Å²) in [5.41, 5.74) is 0.445. The fourth-order valence-electron chi connectivity index (χ4n) is 3.03. The maximum absolute atomic E-state index is 13.4. The van der Waals surface area contributed by atoms with Gasteiger partial charge in [-0.15, -0.1) is 0 Å². The second-order valence-electron chi connectivity index (χ2n) is 5.70. The van der Waals surface area contributed by atoms with E-state index in [-0.39, 0.29) is 5.75 Å². The van der Waals surface area contributed by atoms with E-state index in [9.17, 15) is 14.3 Å². The van der Waals surface area contributed by atoms with Crippen LogP contribution in [0.1, 0.15) is 11.6 Å². The van der Waals surface area contributed by atoms with Crippen LogP contribution in [0.25, 0.3) is 0 Å². The Morgan fingerprint density at radius 3 is 2.52 bits per heavy atom. The summed E-state index contributed by atoms with van der Waals surface area (Å²) in [5, 5.41) is 9.72. The van der Waals surface area contributed by atoms with E-state index in [1.54, 1.807) is 18.5 Å². The fourth-order valence-corrected chi connectivity index (χ4v) is 3.03. The van der Waals surface area contributed by atoms with Crippen molar-refractivity contribution in [3.63, 3.8) is 0 Å². The number of piperazine rings is 1. The number of ether oxygens (including phenoxy) is 1. The maximum Gasteiger partial charge on any atom is 0.325 e. The molecule has 1 aromatic heterocycles. The number of hydrogen-bond donors (Lipinski definition) is 1. The number of carbonyl (C=O) groups is 1. The number of nitrogens with zero attached hydrogens (tertiary/aromatic N) is 4. The third-order valence-corrected chi connectivity index (χ3v) is 4.24. The van der Waals surface area contributed by atoms with Crippen molar-refractivity contribution in [2.75, 3.05) is 38.2 Å². The Labute approximate surface area is 144 Å². The van der Waals surface area contributed by atoms with Crippen LogP contribution in [0.15, 0.2) is 36.7 Å². The van der Waals surface area contributed by atoms with Gasteiger partial charge >= 0.3 is 5.97 Å². The Morgan fingerprint density at radius 1 is 1.24 bits per heavy atom. The summed E-state index contributed by atoms with van der Waals surface area (Å²) in [6.07, 6.45) is 3.36. The molecule has 1 N–H and O–H groups in total. The molecule has 1 aliphatic heterocycles. The van der Waals surface area contributed by atoms with Crippen LogP contribution in [0.3, 0.4) is 0 Å². The number of methoxy groups -OCH3 is 1. The van der Waals surface area contributed by atoms with Crippen molar-refractivity contribution >= 4 is 11.9 Å². The molecule has 0 radical (unpaired) electrons. The molecular formula is C17H19FN4O3. The van der Waals surface area contributed by atoms with Gasteiger partial charge in [-0.3, -0.25) is 9.69 Å². The third-order valence-electron chi connectivity index (χ3n) is 4.24. The summed E-state index contributed by atoms with van der Waals surface area (Å²) < 4.78 is 18.6. The summed E-state index contributed by atoms with van der Waals surface area (Å²) in [4.78, 5) is 24.2. The van der Waals surface area contributed by atoms with Gasteiger partial charge in [0, 0.05) is 50.2 Å². The van der Waals surface area contributed by atoms with E-state index in [1.807, 2.05) is 9.80 Å². The number of halogens is 1. The Bertz CT molecular complexity index is 736. The lowest BCUT2D eigenvalue weighted by atomic mass is 10.0. The van der Waals surface area contributed by atoms with Gasteiger partial charge in [0.2, 0.25) is 5.95 Å². The van der Waals surface area contributed by atoms with Crippen molar-refractivity contribution in [1.82, 2.24) is 14.9 Å². The number of aliphatic carboxylic acids is 1. The van der Waals surface area contributed by atoms with Gasteiger partial charge in [0.05, 0.1) is 7.11 Å². The molecule has 1 saturated heterocycles. The van der Waals surface area contributed by atoms with Crippen LogP contribution in [0.5, 0.6) is 5.75 Å². The molecule has 25 heavy (non-hydrogen) atoms. The highest BCUT2D eigenvalue weighted by molar-refractivity contribution is 5.76. The van der Waals surface area contributed by atoms with Gasteiger partial charge in [-0.2, -0.15) is 0 Å². The molecule has 7 nitrogen and oxygen atoms in total. The lowest BCUT2D eigenvalue weighted by Crippen LogP contribution is -2.49. The lowest BCUT2D eigenvalue weighted by molar-refractivity contribution is -0.143. The number of carboxylic acid groups (broad SMARTS) is 1. The predicted molar refractivity (Wildman–Crippen MR) is 89.1 cm³/mol. The minimum atomic E-state index is -0.991. The van der Waals surface area contributed by atoms with Crippen LogP contribution in [-0.2, 0) is 4.79 Å². The quantitative estimate of drug-likeness (QED) is 0.880. The normalized spacial score (nSPS) is 16.5. The van der Waals surface area contributed by atoms with Crippen LogP contribution in [0, 0.1) is 5.82 Å². The van der Waals surface area contributed by atoms with E-state index in [2.05, 4.69) is 9.97 Å². The molecule has 1 aromatic carbocycles. The van der Waals surface area contributed by atoms with E-state index >= 15 is 0 Å². The fraction of sp³-hybridized carbons (Fsp3) is 0.353. The number of benzene rings is 1. The van der Waals surface area contributed by atoms with Crippen LogP contribution >= 0.6 is 0 Å². The zero-order valence-electron chi connectivity index (χ0n) is 13.8. The summed E-state index contributed by atoms with van der Waals surface area (Å²) in [7, 11) is 1.40. The Kier molecular flexibility index (Phi) is 5.08. The molecular weight excluding hydrogens is 327 g/mol. The number of rotatable bonds is 5. The first-order valence-electron chi connectivity index (χ1n) is 7.92. The minimum Gasteiger partial charge on any atom is -0.496 e. The van der Waals surface area contributed by atoms with E-state index < -0.39 is 17.8 Å². The molecule has 3 rings (SSSR count). The first-order valence-corrected chi connectivity index (χ1v) is 7.92. The van der Waals surface area contributed by atoms with Crippen molar-refractivity contribution in [3.05, 3.63) is 48.0 Å². The smallest absolute Gasteiger partial charge is 0.325 e. The second-order valence-corrected chi connectivity index (χ2v) is 5.70. The maximum atomic E-state index is 13.4. The first kappa shape index (κ1) is 17.1. The van der Waals surface area contributed by atoms with Gasteiger partial charge in [0.15, 0.2) is 0 Å². The number of anilines is 1. The van der Waals surface area contributed by atoms with Gasteiger partial charge in [-0.05, 0) is 12.1 Å². The number of carboxylic acids is 1. The Hall–Kier alpha value is -2.74. The molecule has 1 aliphatic rings. The summed E-state index contributed by atoms with van der Waals surface area (Å²) in [6.45, 7) is 2.26. The van der Waals surface area contributed by atoms with Crippen LogP contribution in [0.2, 0.25) is 0 Å². The Balaban J connectivity index is 1.78. The van der Waals surface area contributed by atoms with E-state index in [0.717, 1.165) is 0 Å². The van der Waals surface area contributed by atoms with Crippen molar-refractivity contribution < 1.29 is 19.0 Å². The highest BCUT2D eigenvalue weighted by atomic mass is 19.1. The van der Waals surface area contributed by atoms with Gasteiger partial charge in [0.25, 0.3) is 0 Å². The topological polar surface area (TPSA) is 78.8 Å². The third kappa shape index (κ3) is 3.69. The molecule has 2 aromatic rings. The molecule has 8 heteroatoms. The van der Waals surface area contributed by atoms with Gasteiger partial charge in [-0.25, -0.2) is 14.4 Å². The minimum absolute atomic E-state index is 0.237. The monoisotopic (exact) mass is 346 g/mol. The van der Waals surface area contributed by atoms with Crippen molar-refractivity contribution in [1.29, 1.82) is 0 Å². The summed E-state index contributed by atoms with van der Waals surface area (Å²) >= 11 is 0. The number of hydrogen-bond acceptors (Lipinski definition) is 6. The predicted octanol–water partition coefficient (Wildman–Crippen LogP) is 1.57. The Morgan fingerprint density at radius 2 is 1.92 bits per heavy atom. The van der Waals surface area contributed by atoms with Crippen molar-refractivity contribution in [2.24, 2.45) is 0 Å². The molecule has 1 fully saturated rings. The van der Waals surface area contributed by atoms with Crippen LogP contribution in [-0.4, -0.2) is 59.2 Å². The zero-order chi connectivity index (χ0) is 17.8. The highest BCUT2D eigenvalue weighted by Gasteiger charge is 2.33. The molecule has 0 aliphatic carbocycles. The van der Waals surface area contributed by atoms with Gasteiger partial charge < -0.3 is 14.7 Å². The molecule has 2 heterocycles. The summed E-state index contributed by atoms with van der Waals surface area (Å²) in [5.74, 6) is -0.584. The van der Waals surface area contributed by atoms with Gasteiger partial charge in [0.1, 0.15) is 17.6 Å². The molecule has 132 valence electrons. The largest absolute Gasteiger partial charge is 0.496 e. The molecule has 0 amide bonds. The average Bonchev–Trinajstić information content (AvgIpc) is 2.64. The van der Waals surface area contributed by atoms with Crippen LogP contribution < -0.4 is 9.64 Å². The first-order chi connectivity index (χ1) is 12.1. The lowest BCUT2D eigenvalue weighted by Gasteiger charge is -2.38. The second kappa shape index (κ2) is 7.43. The SMILES string of the molecule is COc1cc(F)ccc1[C@@H](C(=O)O)N1CCN(c2ncccn2)CC1. The molecule has 0 bridgehead atoms. The van der Waals surface area contributed by atoms with E-state index in [1.165, 1.54) is 25.3 Å². The zero-order valence-corrected chi connectivity index (χ0v) is 13.8.